The number of aromatic carboxylic acids is 1. The molecule has 0 spiro atoms. The van der Waals surface area contributed by atoms with Gasteiger partial charge >= 0.3 is 11.9 Å². The number of aliphatic hydroxyl groups excluding tert-OH is 1. The summed E-state index contributed by atoms with van der Waals surface area (Å²) in [7, 11) is 0. The quantitative estimate of drug-likeness (QED) is 0.166. The third-order valence-corrected chi connectivity index (χ3v) is 12.7. The number of phenols is 1. The Morgan fingerprint density at radius 3 is 2.66 bits per heavy atom. The van der Waals surface area contributed by atoms with E-state index in [0.29, 0.717) is 30.5 Å². The lowest BCUT2D eigenvalue weighted by Crippen LogP contribution is -2.63. The van der Waals surface area contributed by atoms with Crippen LogP contribution in [0.15, 0.2) is 76.5 Å². The lowest BCUT2D eigenvalue weighted by molar-refractivity contribution is -0.201. The normalized spacial score (nSPS) is 34.2. The van der Waals surface area contributed by atoms with E-state index < -0.39 is 53.5 Å². The number of ketones is 2. The Morgan fingerprint density at radius 2 is 1.89 bits per heavy atom. The van der Waals surface area contributed by atoms with Crippen LogP contribution in [0.3, 0.4) is 0 Å². The molecule has 0 radical (unpaired) electrons. The van der Waals surface area contributed by atoms with E-state index >= 15 is 0 Å². The van der Waals surface area contributed by atoms with Crippen LogP contribution in [0.4, 0.5) is 11.4 Å². The number of benzene rings is 2. The van der Waals surface area contributed by atoms with Crippen LogP contribution in [0, 0.1) is 28.6 Å². The van der Waals surface area contributed by atoms with Crippen molar-refractivity contribution in [3.8, 4) is 5.75 Å². The van der Waals surface area contributed by atoms with Gasteiger partial charge in [-0.1, -0.05) is 57.0 Å². The molecule has 2 aromatic rings. The SMILES string of the molecule is CCCC1OC2CC3C4CCC5=CC(=O)C=CC5(C)C4C(O)CC3(C)C2(C(=O)COC(=O)CCc2ccccc2N=Nc2ccc(O)c(C(=O)O)c2)O1. The van der Waals surface area contributed by atoms with Gasteiger partial charge in [0.1, 0.15) is 11.3 Å². The number of rotatable bonds is 11. The van der Waals surface area contributed by atoms with Crippen molar-refractivity contribution >= 4 is 34.9 Å². The van der Waals surface area contributed by atoms with Gasteiger partial charge in [-0.2, -0.15) is 10.2 Å². The second-order valence-electron chi connectivity index (χ2n) is 15.6. The molecule has 9 atom stereocenters. The largest absolute Gasteiger partial charge is 0.507 e. The predicted octanol–water partition coefficient (Wildman–Crippen LogP) is 6.72. The summed E-state index contributed by atoms with van der Waals surface area (Å²) in [6, 6.07) is 10.9. The molecule has 12 nitrogen and oxygen atoms in total. The minimum Gasteiger partial charge on any atom is -0.507 e. The van der Waals surface area contributed by atoms with Crippen LogP contribution < -0.4 is 0 Å². The van der Waals surface area contributed by atoms with Gasteiger partial charge in [-0.3, -0.25) is 14.4 Å². The number of hydrogen-bond donors (Lipinski definition) is 3. The number of fused-ring (bicyclic) bond motifs is 7. The Hall–Kier alpha value is -4.52. The maximum Gasteiger partial charge on any atom is 0.339 e. The smallest absolute Gasteiger partial charge is 0.339 e. The highest BCUT2D eigenvalue weighted by Gasteiger charge is 2.75. The number of allylic oxidation sites excluding steroid dienone is 4. The van der Waals surface area contributed by atoms with Gasteiger partial charge in [0.2, 0.25) is 5.78 Å². The summed E-state index contributed by atoms with van der Waals surface area (Å²) in [5.41, 5.74) is -0.469. The molecule has 3 N–H and O–H groups in total. The Balaban J connectivity index is 1.05. The van der Waals surface area contributed by atoms with Crippen molar-refractivity contribution in [2.45, 2.75) is 96.2 Å². The molecular formula is C41H46N2O10. The van der Waals surface area contributed by atoms with Gasteiger partial charge in [0.15, 0.2) is 24.3 Å². The van der Waals surface area contributed by atoms with Crippen molar-refractivity contribution in [2.75, 3.05) is 6.61 Å². The summed E-state index contributed by atoms with van der Waals surface area (Å²) in [5, 5.41) is 39.4. The Morgan fingerprint density at radius 1 is 1.09 bits per heavy atom. The molecule has 2 aromatic carbocycles. The molecule has 280 valence electrons. The van der Waals surface area contributed by atoms with Crippen LogP contribution in [-0.4, -0.2) is 69.5 Å². The number of nitrogens with zero attached hydrogens (tertiary/aromatic N) is 2. The van der Waals surface area contributed by atoms with E-state index in [1.54, 1.807) is 36.4 Å². The highest BCUT2D eigenvalue weighted by molar-refractivity contribution is 6.01. The highest BCUT2D eigenvalue weighted by atomic mass is 16.7. The predicted molar refractivity (Wildman–Crippen MR) is 191 cm³/mol. The zero-order valence-electron chi connectivity index (χ0n) is 30.2. The van der Waals surface area contributed by atoms with E-state index in [1.807, 2.05) is 19.9 Å². The number of aliphatic hydroxyl groups is 1. The number of carboxylic acids is 1. The summed E-state index contributed by atoms with van der Waals surface area (Å²) >= 11 is 0. The number of carbonyl (C=O) groups excluding carboxylic acids is 3. The van der Waals surface area contributed by atoms with Gasteiger partial charge in [0.25, 0.3) is 0 Å². The van der Waals surface area contributed by atoms with Crippen LogP contribution in [0.1, 0.15) is 81.6 Å². The molecule has 1 aliphatic heterocycles. The average Bonchev–Trinajstić information content (AvgIpc) is 3.61. The van der Waals surface area contributed by atoms with E-state index in [0.717, 1.165) is 24.8 Å². The lowest BCUT2D eigenvalue weighted by atomic mass is 9.46. The standard InChI is InChI=1S/C41H46N2O10/c1-4-7-36-52-34-20-29-27-13-11-24-18-26(44)16-17-39(24,2)37(27)32(46)21-40(29,3)41(34,53-36)33(47)22-51-35(48)15-10-23-8-5-6-9-30(23)43-42-25-12-14-31(45)28(19-25)38(49)50/h5-6,8-9,12,14,16-19,27,29,32,34,36-37,45-46H,4,7,10-11,13,15,20-22H2,1-3H3,(H,49,50). The molecule has 7 rings (SSSR count). The van der Waals surface area contributed by atoms with Crippen molar-refractivity contribution in [1.29, 1.82) is 0 Å². The number of aromatic hydroxyl groups is 1. The lowest BCUT2D eigenvalue weighted by Gasteiger charge is -2.59. The molecular weight excluding hydrogens is 680 g/mol. The average molecular weight is 727 g/mol. The van der Waals surface area contributed by atoms with Crippen molar-refractivity contribution < 1.29 is 48.7 Å². The Kier molecular flexibility index (Phi) is 9.75. The highest BCUT2D eigenvalue weighted by Crippen LogP contribution is 2.69. The van der Waals surface area contributed by atoms with Gasteiger partial charge < -0.3 is 29.5 Å². The van der Waals surface area contributed by atoms with E-state index in [2.05, 4.69) is 17.2 Å². The zero-order valence-corrected chi connectivity index (χ0v) is 30.2. The number of azo groups is 1. The van der Waals surface area contributed by atoms with Gasteiger partial charge in [-0.05, 0) is 92.3 Å². The zero-order chi connectivity index (χ0) is 37.7. The fourth-order valence-corrected chi connectivity index (χ4v) is 10.3. The summed E-state index contributed by atoms with van der Waals surface area (Å²) < 4.78 is 18.8. The first kappa shape index (κ1) is 36.8. The molecule has 1 saturated heterocycles. The topological polar surface area (TPSA) is 181 Å². The number of hydrogen-bond acceptors (Lipinski definition) is 11. The van der Waals surface area contributed by atoms with Gasteiger partial charge in [0, 0.05) is 23.2 Å². The third kappa shape index (κ3) is 6.24. The van der Waals surface area contributed by atoms with Gasteiger partial charge in [0.05, 0.1) is 23.6 Å². The minimum absolute atomic E-state index is 0.00971. The fraction of sp³-hybridized carbons (Fsp3) is 0.512. The van der Waals surface area contributed by atoms with Crippen LogP contribution in [0.25, 0.3) is 0 Å². The Labute approximate surface area is 307 Å². The maximum atomic E-state index is 14.5. The van der Waals surface area contributed by atoms with Crippen LogP contribution >= 0.6 is 0 Å². The summed E-state index contributed by atoms with van der Waals surface area (Å²) in [6.45, 7) is 5.68. The first-order valence-electron chi connectivity index (χ1n) is 18.5. The van der Waals surface area contributed by atoms with Gasteiger partial charge in [-0.15, -0.1) is 0 Å². The molecule has 4 fully saturated rings. The van der Waals surface area contributed by atoms with Crippen LogP contribution in [0.5, 0.6) is 5.75 Å². The van der Waals surface area contributed by atoms with E-state index in [4.69, 9.17) is 14.2 Å². The molecule has 0 amide bonds. The monoisotopic (exact) mass is 726 g/mol. The second-order valence-corrected chi connectivity index (χ2v) is 15.6. The minimum atomic E-state index is -1.39. The van der Waals surface area contributed by atoms with Crippen molar-refractivity contribution in [2.24, 2.45) is 38.8 Å². The first-order chi connectivity index (χ1) is 25.3. The Bertz CT molecular complexity index is 1920. The molecule has 1 heterocycles. The molecule has 12 heteroatoms. The maximum absolute atomic E-state index is 14.5. The summed E-state index contributed by atoms with van der Waals surface area (Å²) in [4.78, 5) is 51.3. The van der Waals surface area contributed by atoms with Crippen molar-refractivity contribution in [3.63, 3.8) is 0 Å². The number of esters is 1. The van der Waals surface area contributed by atoms with Crippen molar-refractivity contribution in [1.82, 2.24) is 0 Å². The molecule has 0 bridgehead atoms. The molecule has 53 heavy (non-hydrogen) atoms. The molecule has 9 unspecified atom stereocenters. The summed E-state index contributed by atoms with van der Waals surface area (Å²) in [5.74, 6) is -2.67. The van der Waals surface area contributed by atoms with Gasteiger partial charge in [-0.25, -0.2) is 4.79 Å². The molecule has 3 saturated carbocycles. The number of aryl methyl sites for hydroxylation is 1. The second kappa shape index (κ2) is 14.0. The van der Waals surface area contributed by atoms with E-state index in [9.17, 15) is 34.5 Å². The van der Waals surface area contributed by atoms with Crippen LogP contribution in [0.2, 0.25) is 0 Å². The van der Waals surface area contributed by atoms with E-state index in [1.165, 1.54) is 18.2 Å². The first-order valence-corrected chi connectivity index (χ1v) is 18.5. The molecule has 5 aliphatic rings. The number of ether oxygens (including phenoxy) is 3. The number of Topliss-reactive ketones (excluding diaryl/α,β-unsaturated/α-hetero) is 1. The number of carboxylic acid groups (broad SMARTS) is 1. The number of carbonyl (C=O) groups is 4. The molecule has 0 aromatic heterocycles. The molecule has 4 aliphatic carbocycles. The van der Waals surface area contributed by atoms with Crippen molar-refractivity contribution in [3.05, 3.63) is 77.4 Å². The van der Waals surface area contributed by atoms with Crippen LogP contribution in [-0.2, 0) is 35.0 Å². The van der Waals surface area contributed by atoms with E-state index in [-0.39, 0.29) is 59.2 Å². The summed E-state index contributed by atoms with van der Waals surface area (Å²) in [6.07, 6.45) is 7.45. The third-order valence-electron chi connectivity index (χ3n) is 12.7. The fourth-order valence-electron chi connectivity index (χ4n) is 10.3.